The van der Waals surface area contributed by atoms with Gasteiger partial charge >= 0.3 is 0 Å². The van der Waals surface area contributed by atoms with Gasteiger partial charge in [0.15, 0.2) is 0 Å². The van der Waals surface area contributed by atoms with E-state index < -0.39 is 0 Å². The first-order chi connectivity index (χ1) is 8.79. The highest BCUT2D eigenvalue weighted by molar-refractivity contribution is 7.99. The molecule has 0 bridgehead atoms. The van der Waals surface area contributed by atoms with E-state index in [1.54, 1.807) is 12.1 Å². The Morgan fingerprint density at radius 3 is 2.94 bits per heavy atom. The van der Waals surface area contributed by atoms with Gasteiger partial charge in [0.05, 0.1) is 30.6 Å². The Balaban J connectivity index is 1.98. The second kappa shape index (κ2) is 6.79. The standard InChI is InChI=1S/C14H15FO2S/c15-14-5-4-11(10-18-13-8-17-9-13)7-12(14)3-1-2-6-16/h4-5,7,13,16H,2,6,8-10H2. The van der Waals surface area contributed by atoms with Crippen molar-refractivity contribution in [2.75, 3.05) is 19.8 Å². The van der Waals surface area contributed by atoms with E-state index in [4.69, 9.17) is 9.84 Å². The van der Waals surface area contributed by atoms with Gasteiger partial charge in [-0.15, -0.1) is 11.8 Å². The molecule has 1 heterocycles. The van der Waals surface area contributed by atoms with Crippen LogP contribution in [-0.2, 0) is 10.5 Å². The number of hydrogen-bond donors (Lipinski definition) is 1. The predicted molar refractivity (Wildman–Crippen MR) is 70.9 cm³/mol. The number of ether oxygens (including phenoxy) is 1. The molecule has 2 nitrogen and oxygen atoms in total. The quantitative estimate of drug-likeness (QED) is 0.847. The zero-order valence-corrected chi connectivity index (χ0v) is 10.8. The van der Waals surface area contributed by atoms with Crippen LogP contribution in [0.5, 0.6) is 0 Å². The first-order valence-corrected chi connectivity index (χ1v) is 6.92. The fourth-order valence-corrected chi connectivity index (χ4v) is 2.49. The van der Waals surface area contributed by atoms with E-state index in [1.165, 1.54) is 6.07 Å². The lowest BCUT2D eigenvalue weighted by atomic mass is 10.1. The Morgan fingerprint density at radius 2 is 2.28 bits per heavy atom. The van der Waals surface area contributed by atoms with Crippen LogP contribution in [0.1, 0.15) is 17.5 Å². The molecule has 1 aromatic carbocycles. The highest BCUT2D eigenvalue weighted by atomic mass is 32.2. The molecule has 1 N–H and O–H groups in total. The van der Waals surface area contributed by atoms with Crippen LogP contribution in [0.2, 0.25) is 0 Å². The van der Waals surface area contributed by atoms with Crippen molar-refractivity contribution in [3.8, 4) is 11.8 Å². The van der Waals surface area contributed by atoms with E-state index in [0.717, 1.165) is 24.5 Å². The van der Waals surface area contributed by atoms with Gasteiger partial charge in [0.1, 0.15) is 5.82 Å². The lowest BCUT2D eigenvalue weighted by Gasteiger charge is -2.25. The van der Waals surface area contributed by atoms with Crippen molar-refractivity contribution >= 4 is 11.8 Å². The van der Waals surface area contributed by atoms with E-state index in [2.05, 4.69) is 11.8 Å². The molecule has 0 unspecified atom stereocenters. The first kappa shape index (κ1) is 13.4. The third-order valence-corrected chi connectivity index (χ3v) is 3.83. The minimum atomic E-state index is -0.304. The van der Waals surface area contributed by atoms with Gasteiger partial charge in [0, 0.05) is 12.2 Å². The van der Waals surface area contributed by atoms with Gasteiger partial charge in [-0.1, -0.05) is 17.9 Å². The number of aliphatic hydroxyl groups excluding tert-OH is 1. The normalized spacial score (nSPS) is 14.8. The monoisotopic (exact) mass is 266 g/mol. The van der Waals surface area contributed by atoms with Crippen molar-refractivity contribution in [2.45, 2.75) is 17.4 Å². The van der Waals surface area contributed by atoms with Crippen LogP contribution in [0, 0.1) is 17.7 Å². The average Bonchev–Trinajstić information content (AvgIpc) is 2.31. The Kier molecular flexibility index (Phi) is 5.06. The molecule has 0 saturated carbocycles. The van der Waals surface area contributed by atoms with E-state index in [1.807, 2.05) is 11.8 Å². The average molecular weight is 266 g/mol. The number of hydrogen-bond acceptors (Lipinski definition) is 3. The molecule has 4 heteroatoms. The molecule has 0 amide bonds. The summed E-state index contributed by atoms with van der Waals surface area (Å²) in [7, 11) is 0. The van der Waals surface area contributed by atoms with Gasteiger partial charge in [0.2, 0.25) is 0 Å². The number of aliphatic hydroxyl groups is 1. The third kappa shape index (κ3) is 3.74. The van der Waals surface area contributed by atoms with Crippen molar-refractivity contribution in [2.24, 2.45) is 0 Å². The molecule has 18 heavy (non-hydrogen) atoms. The van der Waals surface area contributed by atoms with Gasteiger partial charge in [0.25, 0.3) is 0 Å². The molecule has 2 rings (SSSR count). The predicted octanol–water partition coefficient (Wildman–Crippen LogP) is 2.19. The van der Waals surface area contributed by atoms with Crippen molar-refractivity contribution < 1.29 is 14.2 Å². The molecule has 1 fully saturated rings. The smallest absolute Gasteiger partial charge is 0.138 e. The van der Waals surface area contributed by atoms with Gasteiger partial charge in [-0.2, -0.15) is 0 Å². The minimum Gasteiger partial charge on any atom is -0.395 e. The number of benzene rings is 1. The van der Waals surface area contributed by atoms with Crippen LogP contribution in [0.3, 0.4) is 0 Å². The van der Waals surface area contributed by atoms with E-state index in [-0.39, 0.29) is 12.4 Å². The third-order valence-electron chi connectivity index (χ3n) is 2.58. The second-order valence-corrected chi connectivity index (χ2v) is 5.35. The zero-order valence-electron chi connectivity index (χ0n) is 9.99. The summed E-state index contributed by atoms with van der Waals surface area (Å²) in [4.78, 5) is 0. The fourth-order valence-electron chi connectivity index (χ4n) is 1.50. The van der Waals surface area contributed by atoms with Crippen molar-refractivity contribution in [3.05, 3.63) is 35.1 Å². The fraction of sp³-hybridized carbons (Fsp3) is 0.429. The highest BCUT2D eigenvalue weighted by Crippen LogP contribution is 2.24. The Labute approximate surface area is 111 Å². The van der Waals surface area contributed by atoms with Crippen LogP contribution in [0.25, 0.3) is 0 Å². The Hall–Kier alpha value is -1.02. The number of rotatable bonds is 4. The second-order valence-electron chi connectivity index (χ2n) is 4.06. The molecule has 0 aliphatic carbocycles. The molecule has 1 aromatic rings. The molecule has 1 aliphatic heterocycles. The molecule has 0 spiro atoms. The van der Waals surface area contributed by atoms with E-state index in [9.17, 15) is 4.39 Å². The number of thioether (sulfide) groups is 1. The molecule has 0 aromatic heterocycles. The van der Waals surface area contributed by atoms with Gasteiger partial charge in [-0.3, -0.25) is 0 Å². The SMILES string of the molecule is OCCC#Cc1cc(CSC2COC2)ccc1F. The number of halogens is 1. The lowest BCUT2D eigenvalue weighted by Crippen LogP contribution is -2.30. The Bertz CT molecular complexity index is 461. The maximum atomic E-state index is 13.5. The van der Waals surface area contributed by atoms with Crippen molar-refractivity contribution in [1.82, 2.24) is 0 Å². The molecule has 0 atom stereocenters. The highest BCUT2D eigenvalue weighted by Gasteiger charge is 2.18. The first-order valence-electron chi connectivity index (χ1n) is 5.87. The molecular weight excluding hydrogens is 251 g/mol. The van der Waals surface area contributed by atoms with Gasteiger partial charge in [-0.25, -0.2) is 4.39 Å². The largest absolute Gasteiger partial charge is 0.395 e. The summed E-state index contributed by atoms with van der Waals surface area (Å²) in [5, 5.41) is 9.20. The summed E-state index contributed by atoms with van der Waals surface area (Å²) in [5.74, 6) is 6.04. The summed E-state index contributed by atoms with van der Waals surface area (Å²) in [6.07, 6.45) is 0.373. The topological polar surface area (TPSA) is 29.5 Å². The molecular formula is C14H15FO2S. The van der Waals surface area contributed by atoms with Crippen LogP contribution in [0.15, 0.2) is 18.2 Å². The van der Waals surface area contributed by atoms with Gasteiger partial charge < -0.3 is 9.84 Å². The summed E-state index contributed by atoms with van der Waals surface area (Å²) >= 11 is 1.82. The molecule has 96 valence electrons. The maximum absolute atomic E-state index is 13.5. The summed E-state index contributed by atoms with van der Waals surface area (Å²) in [6.45, 7) is 1.63. The van der Waals surface area contributed by atoms with E-state index in [0.29, 0.717) is 17.2 Å². The van der Waals surface area contributed by atoms with E-state index >= 15 is 0 Å². The molecule has 0 radical (unpaired) electrons. The summed E-state index contributed by atoms with van der Waals surface area (Å²) in [5.41, 5.74) is 1.48. The lowest BCUT2D eigenvalue weighted by molar-refractivity contribution is 0.0455. The van der Waals surface area contributed by atoms with Crippen LogP contribution >= 0.6 is 11.8 Å². The maximum Gasteiger partial charge on any atom is 0.138 e. The van der Waals surface area contributed by atoms with Crippen LogP contribution < -0.4 is 0 Å². The van der Waals surface area contributed by atoms with Gasteiger partial charge in [-0.05, 0) is 17.7 Å². The van der Waals surface area contributed by atoms with Crippen molar-refractivity contribution in [3.63, 3.8) is 0 Å². The van der Waals surface area contributed by atoms with Crippen LogP contribution in [-0.4, -0.2) is 30.2 Å². The van der Waals surface area contributed by atoms with Crippen LogP contribution in [0.4, 0.5) is 4.39 Å². The minimum absolute atomic E-state index is 0.00580. The molecule has 1 saturated heterocycles. The molecule has 1 aliphatic rings. The summed E-state index contributed by atoms with van der Waals surface area (Å²) < 4.78 is 18.6. The summed E-state index contributed by atoms with van der Waals surface area (Å²) in [6, 6.07) is 5.03. The zero-order chi connectivity index (χ0) is 12.8. The Morgan fingerprint density at radius 1 is 1.44 bits per heavy atom. The van der Waals surface area contributed by atoms with Crippen molar-refractivity contribution in [1.29, 1.82) is 0 Å².